The van der Waals surface area contributed by atoms with Gasteiger partial charge in [-0.2, -0.15) is 0 Å². The van der Waals surface area contributed by atoms with Gasteiger partial charge in [-0.05, 0) is 36.6 Å². The van der Waals surface area contributed by atoms with Gasteiger partial charge in [0.25, 0.3) is 0 Å². The quantitative estimate of drug-likeness (QED) is 0.745. The molecule has 23 heavy (non-hydrogen) atoms. The van der Waals surface area contributed by atoms with Crippen LogP contribution in [0.15, 0.2) is 24.3 Å². The summed E-state index contributed by atoms with van der Waals surface area (Å²) in [7, 11) is 0. The number of hydrogen-bond donors (Lipinski definition) is 3. The van der Waals surface area contributed by atoms with Crippen LogP contribution in [0.5, 0.6) is 0 Å². The van der Waals surface area contributed by atoms with Gasteiger partial charge >= 0.3 is 0 Å². The molecule has 1 unspecified atom stereocenters. The van der Waals surface area contributed by atoms with Crippen LogP contribution in [0.25, 0.3) is 0 Å². The molecule has 0 aromatic heterocycles. The van der Waals surface area contributed by atoms with Gasteiger partial charge in [0.1, 0.15) is 0 Å². The highest BCUT2D eigenvalue weighted by Gasteiger charge is 2.21. The average Bonchev–Trinajstić information content (AvgIpc) is 2.98. The Morgan fingerprint density at radius 3 is 2.78 bits per heavy atom. The molecule has 2 rings (SSSR count). The Kier molecular flexibility index (Phi) is 8.06. The molecule has 1 heterocycles. The minimum Gasteiger partial charge on any atom is -0.352 e. The van der Waals surface area contributed by atoms with Crippen LogP contribution < -0.4 is 16.0 Å². The van der Waals surface area contributed by atoms with E-state index in [1.807, 2.05) is 38.1 Å². The average molecular weight is 340 g/mol. The van der Waals surface area contributed by atoms with Gasteiger partial charge in [-0.25, -0.2) is 0 Å². The molecular formula is C17H26ClN3O2. The van der Waals surface area contributed by atoms with Crippen LogP contribution in [0.2, 0.25) is 0 Å². The predicted octanol–water partition coefficient (Wildman–Crippen LogP) is 2.32. The zero-order chi connectivity index (χ0) is 15.9. The molecular weight excluding hydrogens is 314 g/mol. The maximum atomic E-state index is 12.0. The van der Waals surface area contributed by atoms with E-state index in [1.54, 1.807) is 0 Å². The smallest absolute Gasteiger partial charge is 0.224 e. The third-order valence-corrected chi connectivity index (χ3v) is 3.70. The van der Waals surface area contributed by atoms with E-state index < -0.39 is 0 Å². The number of halogens is 1. The van der Waals surface area contributed by atoms with Gasteiger partial charge in [0, 0.05) is 25.2 Å². The zero-order valence-electron chi connectivity index (χ0n) is 13.7. The summed E-state index contributed by atoms with van der Waals surface area (Å²) in [5, 5.41) is 9.05. The Morgan fingerprint density at radius 2 is 2.13 bits per heavy atom. The molecule has 0 saturated carbocycles. The maximum Gasteiger partial charge on any atom is 0.224 e. The number of rotatable bonds is 6. The predicted molar refractivity (Wildman–Crippen MR) is 94.6 cm³/mol. The zero-order valence-corrected chi connectivity index (χ0v) is 14.5. The molecule has 3 N–H and O–H groups in total. The van der Waals surface area contributed by atoms with Gasteiger partial charge in [-0.3, -0.25) is 9.59 Å². The highest BCUT2D eigenvalue weighted by Crippen LogP contribution is 2.13. The van der Waals surface area contributed by atoms with Crippen molar-refractivity contribution in [2.75, 3.05) is 18.4 Å². The number of benzene rings is 1. The number of amides is 2. The highest BCUT2D eigenvalue weighted by atomic mass is 35.5. The molecule has 0 bridgehead atoms. The Hall–Kier alpha value is -1.59. The summed E-state index contributed by atoms with van der Waals surface area (Å²) in [4.78, 5) is 23.8. The van der Waals surface area contributed by atoms with Gasteiger partial charge in [-0.1, -0.05) is 26.0 Å². The molecule has 0 radical (unpaired) electrons. The molecule has 0 aliphatic carbocycles. The van der Waals surface area contributed by atoms with Crippen LogP contribution in [0.4, 0.5) is 5.69 Å². The summed E-state index contributed by atoms with van der Waals surface area (Å²) >= 11 is 0. The van der Waals surface area contributed by atoms with E-state index in [-0.39, 0.29) is 30.1 Å². The van der Waals surface area contributed by atoms with Gasteiger partial charge in [0.05, 0.1) is 5.92 Å². The number of carbonyl (C=O) groups excluding carboxylic acids is 2. The second kappa shape index (κ2) is 9.53. The van der Waals surface area contributed by atoms with Gasteiger partial charge in [0.2, 0.25) is 11.8 Å². The molecule has 1 aliphatic heterocycles. The lowest BCUT2D eigenvalue weighted by Crippen LogP contribution is -2.31. The van der Waals surface area contributed by atoms with Crippen molar-refractivity contribution in [3.05, 3.63) is 29.8 Å². The summed E-state index contributed by atoms with van der Waals surface area (Å²) < 4.78 is 0. The normalized spacial score (nSPS) is 16.7. The van der Waals surface area contributed by atoms with E-state index in [0.29, 0.717) is 18.9 Å². The van der Waals surface area contributed by atoms with Crippen molar-refractivity contribution >= 4 is 29.9 Å². The van der Waals surface area contributed by atoms with Gasteiger partial charge in [-0.15, -0.1) is 12.4 Å². The highest BCUT2D eigenvalue weighted by molar-refractivity contribution is 5.90. The summed E-state index contributed by atoms with van der Waals surface area (Å²) in [6.45, 7) is 6.20. The van der Waals surface area contributed by atoms with Gasteiger partial charge in [0.15, 0.2) is 0 Å². The summed E-state index contributed by atoms with van der Waals surface area (Å²) in [5.74, 6) is 0.531. The Labute approximate surface area is 144 Å². The Morgan fingerprint density at radius 1 is 1.35 bits per heavy atom. The molecule has 1 aromatic rings. The molecule has 1 fully saturated rings. The summed E-state index contributed by atoms with van der Waals surface area (Å²) in [5.41, 5.74) is 1.77. The number of carbonyl (C=O) groups is 2. The van der Waals surface area contributed by atoms with Crippen LogP contribution in [0.3, 0.4) is 0 Å². The largest absolute Gasteiger partial charge is 0.352 e. The van der Waals surface area contributed by atoms with Crippen molar-refractivity contribution in [3.8, 4) is 0 Å². The summed E-state index contributed by atoms with van der Waals surface area (Å²) in [6.07, 6.45) is 1.41. The topological polar surface area (TPSA) is 70.2 Å². The lowest BCUT2D eigenvalue weighted by atomic mass is 10.1. The minimum atomic E-state index is 0. The first-order valence-corrected chi connectivity index (χ1v) is 7.92. The number of anilines is 1. The molecule has 1 aromatic carbocycles. The standard InChI is InChI=1S/C17H25N3O2.ClH/c1-12(2)8-16(21)20-15-5-3-4-13(9-15)10-19-17(22)14-6-7-18-11-14;/h3-5,9,12,14,18H,6-8,10-11H2,1-2H3,(H,19,22)(H,20,21);1H. The fraction of sp³-hybridized carbons (Fsp3) is 0.529. The van der Waals surface area contributed by atoms with E-state index in [0.717, 1.165) is 30.8 Å². The maximum absolute atomic E-state index is 12.0. The number of hydrogen-bond acceptors (Lipinski definition) is 3. The van der Waals surface area contributed by atoms with E-state index >= 15 is 0 Å². The second-order valence-electron chi connectivity index (χ2n) is 6.25. The van der Waals surface area contributed by atoms with Crippen LogP contribution in [-0.2, 0) is 16.1 Å². The molecule has 1 atom stereocenters. The minimum absolute atomic E-state index is 0. The molecule has 2 amide bonds. The fourth-order valence-corrected chi connectivity index (χ4v) is 2.55. The van der Waals surface area contributed by atoms with Crippen LogP contribution in [-0.4, -0.2) is 24.9 Å². The molecule has 5 nitrogen and oxygen atoms in total. The first kappa shape index (κ1) is 19.5. The van der Waals surface area contributed by atoms with Crippen LogP contribution >= 0.6 is 12.4 Å². The first-order valence-electron chi connectivity index (χ1n) is 7.92. The lowest BCUT2D eigenvalue weighted by molar-refractivity contribution is -0.124. The van der Waals surface area contributed by atoms with Crippen molar-refractivity contribution in [3.63, 3.8) is 0 Å². The first-order chi connectivity index (χ1) is 10.5. The van der Waals surface area contributed by atoms with Crippen LogP contribution in [0.1, 0.15) is 32.3 Å². The third kappa shape index (κ3) is 6.59. The van der Waals surface area contributed by atoms with Crippen molar-refractivity contribution < 1.29 is 9.59 Å². The Balaban J connectivity index is 0.00000264. The monoisotopic (exact) mass is 339 g/mol. The molecule has 1 aliphatic rings. The van der Waals surface area contributed by atoms with E-state index in [2.05, 4.69) is 16.0 Å². The molecule has 128 valence electrons. The van der Waals surface area contributed by atoms with Crippen LogP contribution in [0, 0.1) is 11.8 Å². The van der Waals surface area contributed by atoms with Crippen molar-refractivity contribution in [2.45, 2.75) is 33.2 Å². The lowest BCUT2D eigenvalue weighted by Gasteiger charge is -2.11. The van der Waals surface area contributed by atoms with E-state index in [1.165, 1.54) is 0 Å². The van der Waals surface area contributed by atoms with Crippen molar-refractivity contribution in [1.29, 1.82) is 0 Å². The molecule has 1 saturated heterocycles. The van der Waals surface area contributed by atoms with Gasteiger partial charge < -0.3 is 16.0 Å². The number of nitrogens with one attached hydrogen (secondary N) is 3. The Bertz CT molecular complexity index is 528. The summed E-state index contributed by atoms with van der Waals surface area (Å²) in [6, 6.07) is 7.62. The van der Waals surface area contributed by atoms with Crippen molar-refractivity contribution in [2.24, 2.45) is 11.8 Å². The van der Waals surface area contributed by atoms with E-state index in [4.69, 9.17) is 0 Å². The second-order valence-corrected chi connectivity index (χ2v) is 6.25. The van der Waals surface area contributed by atoms with E-state index in [9.17, 15) is 9.59 Å². The fourth-order valence-electron chi connectivity index (χ4n) is 2.55. The third-order valence-electron chi connectivity index (χ3n) is 3.70. The molecule has 0 spiro atoms. The SMILES string of the molecule is CC(C)CC(=O)Nc1cccc(CNC(=O)C2CCNC2)c1.Cl. The van der Waals surface area contributed by atoms with Crippen molar-refractivity contribution in [1.82, 2.24) is 10.6 Å². The molecule has 6 heteroatoms.